The molecule has 0 amide bonds. The lowest BCUT2D eigenvalue weighted by molar-refractivity contribution is 0.0978. The third-order valence-corrected chi connectivity index (χ3v) is 5.90. The van der Waals surface area contributed by atoms with E-state index in [1.165, 1.54) is 19.3 Å². The zero-order valence-electron chi connectivity index (χ0n) is 18.2. The predicted molar refractivity (Wildman–Crippen MR) is 119 cm³/mol. The largest absolute Gasteiger partial charge is 0.462 e. The van der Waals surface area contributed by atoms with Crippen LogP contribution in [-0.2, 0) is 18.7 Å². The highest BCUT2D eigenvalue weighted by Crippen LogP contribution is 2.47. The third kappa shape index (κ3) is 6.15. The molecule has 0 aromatic carbocycles. The molecule has 1 N–H and O–H groups in total. The van der Waals surface area contributed by atoms with Crippen LogP contribution >= 0.6 is 9.24 Å². The fourth-order valence-electron chi connectivity index (χ4n) is 4.22. The molecule has 0 bridgehead atoms. The van der Waals surface area contributed by atoms with Crippen molar-refractivity contribution in [2.75, 3.05) is 13.6 Å². The van der Waals surface area contributed by atoms with Gasteiger partial charge in [-0.3, -0.25) is 0 Å². The maximum atomic E-state index is 14.2. The Hall–Kier alpha value is -1.19. The highest BCUT2D eigenvalue weighted by atomic mass is 31.0. The molecule has 2 atom stereocenters. The van der Waals surface area contributed by atoms with E-state index in [1.807, 2.05) is 7.05 Å². The lowest BCUT2D eigenvalue weighted by Crippen LogP contribution is -2.22. The molecule has 6 heteroatoms. The number of alkyl halides is 2. The van der Waals surface area contributed by atoms with Crippen LogP contribution in [0.15, 0.2) is 22.8 Å². The summed E-state index contributed by atoms with van der Waals surface area (Å²) in [5.41, 5.74) is -1.52. The molecular weight excluding hydrogens is 391 g/mol. The second kappa shape index (κ2) is 10.2. The molecule has 1 aromatic rings. The van der Waals surface area contributed by atoms with E-state index in [-0.39, 0.29) is 11.3 Å². The smallest absolute Gasteiger partial charge is 0.287 e. The van der Waals surface area contributed by atoms with Crippen LogP contribution in [0.5, 0.6) is 0 Å². The Morgan fingerprint density at radius 1 is 1.28 bits per heavy atom. The highest BCUT2D eigenvalue weighted by Gasteiger charge is 2.38. The molecule has 2 rings (SSSR count). The minimum Gasteiger partial charge on any atom is -0.462 e. The average Bonchev–Trinajstić information content (AvgIpc) is 3.02. The molecule has 0 spiro atoms. The van der Waals surface area contributed by atoms with E-state index in [1.54, 1.807) is 9.24 Å². The molecule has 0 saturated carbocycles. The van der Waals surface area contributed by atoms with E-state index in [9.17, 15) is 13.9 Å². The number of hydrogen-bond acceptors (Lipinski definition) is 3. The van der Waals surface area contributed by atoms with Crippen molar-refractivity contribution in [2.24, 2.45) is 11.8 Å². The maximum Gasteiger partial charge on any atom is 0.287 e. The van der Waals surface area contributed by atoms with Crippen molar-refractivity contribution >= 4 is 14.8 Å². The van der Waals surface area contributed by atoms with Crippen molar-refractivity contribution in [3.63, 3.8) is 0 Å². The molecule has 164 valence electrons. The minimum absolute atomic E-state index is 0.0672. The molecule has 1 aromatic heterocycles. The van der Waals surface area contributed by atoms with Crippen molar-refractivity contribution in [3.8, 4) is 0 Å². The van der Waals surface area contributed by atoms with Crippen molar-refractivity contribution in [1.29, 1.82) is 0 Å². The topological polar surface area (TPSA) is 36.6 Å². The summed E-state index contributed by atoms with van der Waals surface area (Å²) in [5.74, 6) is 1.75. The summed E-state index contributed by atoms with van der Waals surface area (Å²) >= 11 is 0. The molecule has 1 aliphatic carbocycles. The van der Waals surface area contributed by atoms with Crippen LogP contribution in [0.4, 0.5) is 8.78 Å². The number of aliphatic hydroxyl groups is 1. The standard InChI is InChI=1S/C23H36F2NO2P/c1-6-7-17(9-8-15(2)3)12-26(5)13-18-10-11-19-21(16(18)4)22(23(24,25)29)20(14-27)28-19/h13,15,17,27H,4,6-12,14,29H2,1-3,5H3/b18-13-. The van der Waals surface area contributed by atoms with Crippen molar-refractivity contribution in [1.82, 2.24) is 4.90 Å². The second-order valence-corrected chi connectivity index (χ2v) is 9.40. The van der Waals surface area contributed by atoms with Gasteiger partial charge in [0.05, 0.1) is 5.56 Å². The monoisotopic (exact) mass is 427 g/mol. The van der Waals surface area contributed by atoms with Crippen LogP contribution in [0.1, 0.15) is 75.5 Å². The average molecular weight is 428 g/mol. The predicted octanol–water partition coefficient (Wildman–Crippen LogP) is 6.32. The molecule has 1 heterocycles. The number of fused-ring (bicyclic) bond motifs is 1. The molecule has 0 radical (unpaired) electrons. The molecule has 0 saturated heterocycles. The number of nitrogens with zero attached hydrogens (tertiary/aromatic N) is 1. The van der Waals surface area contributed by atoms with Crippen LogP contribution in [0.25, 0.3) is 5.57 Å². The lowest BCUT2D eigenvalue weighted by atomic mass is 9.86. The van der Waals surface area contributed by atoms with E-state index in [0.717, 1.165) is 18.5 Å². The van der Waals surface area contributed by atoms with Crippen LogP contribution in [0.3, 0.4) is 0 Å². The van der Waals surface area contributed by atoms with Gasteiger partial charge < -0.3 is 14.4 Å². The maximum absolute atomic E-state index is 14.2. The number of aryl methyl sites for hydroxylation is 1. The van der Waals surface area contributed by atoms with Crippen molar-refractivity contribution in [2.45, 2.75) is 71.6 Å². The van der Waals surface area contributed by atoms with Crippen molar-refractivity contribution in [3.05, 3.63) is 41.0 Å². The zero-order chi connectivity index (χ0) is 21.8. The van der Waals surface area contributed by atoms with E-state index < -0.39 is 12.3 Å². The first kappa shape index (κ1) is 24.1. The lowest BCUT2D eigenvalue weighted by Gasteiger charge is -2.26. The summed E-state index contributed by atoms with van der Waals surface area (Å²) in [4.78, 5) is 2.18. The number of hydrogen-bond donors (Lipinski definition) is 1. The number of rotatable bonds is 10. The Bertz CT molecular complexity index is 734. The Kier molecular flexibility index (Phi) is 8.48. The number of allylic oxidation sites excluding steroid dienone is 2. The summed E-state index contributed by atoms with van der Waals surface area (Å²) in [6.07, 6.45) is 8.06. The van der Waals surface area contributed by atoms with Gasteiger partial charge in [0.1, 0.15) is 18.1 Å². The quantitative estimate of drug-likeness (QED) is 0.444. The van der Waals surface area contributed by atoms with E-state index >= 15 is 0 Å². The highest BCUT2D eigenvalue weighted by molar-refractivity contribution is 7.17. The Balaban J connectivity index is 2.22. The number of halogens is 2. The Morgan fingerprint density at radius 2 is 1.97 bits per heavy atom. The van der Waals surface area contributed by atoms with Gasteiger partial charge in [0.25, 0.3) is 5.66 Å². The Morgan fingerprint density at radius 3 is 2.52 bits per heavy atom. The van der Waals surface area contributed by atoms with E-state index in [2.05, 4.69) is 38.5 Å². The van der Waals surface area contributed by atoms with E-state index in [0.29, 0.717) is 41.6 Å². The van der Waals surface area contributed by atoms with Gasteiger partial charge >= 0.3 is 0 Å². The summed E-state index contributed by atoms with van der Waals surface area (Å²) in [6.45, 7) is 11.2. The fraction of sp³-hybridized carbons (Fsp3) is 0.652. The Labute approximate surface area is 176 Å². The first-order valence-electron chi connectivity index (χ1n) is 10.6. The zero-order valence-corrected chi connectivity index (χ0v) is 19.4. The third-order valence-electron chi connectivity index (χ3n) is 5.61. The second-order valence-electron chi connectivity index (χ2n) is 8.68. The molecule has 0 fully saturated rings. The molecule has 3 nitrogen and oxygen atoms in total. The summed E-state index contributed by atoms with van der Waals surface area (Å²) < 4.78 is 34.0. The van der Waals surface area contributed by atoms with Gasteiger partial charge in [-0.1, -0.05) is 49.4 Å². The minimum atomic E-state index is -3.17. The summed E-state index contributed by atoms with van der Waals surface area (Å²) in [7, 11) is 3.60. The van der Waals surface area contributed by atoms with Gasteiger partial charge in [-0.25, -0.2) is 0 Å². The van der Waals surface area contributed by atoms with Crippen LogP contribution in [0, 0.1) is 11.8 Å². The van der Waals surface area contributed by atoms with Gasteiger partial charge in [0, 0.05) is 31.8 Å². The van der Waals surface area contributed by atoms with E-state index in [4.69, 9.17) is 4.42 Å². The molecule has 2 unspecified atom stereocenters. The summed E-state index contributed by atoms with van der Waals surface area (Å²) in [6, 6.07) is 0. The molecule has 29 heavy (non-hydrogen) atoms. The van der Waals surface area contributed by atoms with Gasteiger partial charge in [-0.15, -0.1) is 0 Å². The van der Waals surface area contributed by atoms with Crippen LogP contribution < -0.4 is 0 Å². The molecular formula is C23H36F2NO2P. The number of aliphatic hydroxyl groups excluding tert-OH is 1. The first-order chi connectivity index (χ1) is 13.6. The SMILES string of the molecule is C=C1/C(=C\N(C)CC(CCC)CCC(C)C)CCc2oc(CO)c(C(F)(F)P)c21. The van der Waals surface area contributed by atoms with Crippen LogP contribution in [0.2, 0.25) is 0 Å². The first-order valence-corrected chi connectivity index (χ1v) is 11.2. The number of furan rings is 1. The normalized spacial score (nSPS) is 17.1. The fourth-order valence-corrected chi connectivity index (χ4v) is 4.53. The van der Waals surface area contributed by atoms with Crippen molar-refractivity contribution < 1.29 is 18.3 Å². The van der Waals surface area contributed by atoms with Crippen LogP contribution in [-0.4, -0.2) is 23.6 Å². The van der Waals surface area contributed by atoms with Gasteiger partial charge in [0.15, 0.2) is 0 Å². The molecule has 1 aliphatic rings. The summed E-state index contributed by atoms with van der Waals surface area (Å²) in [5, 5.41) is 9.48. The van der Waals surface area contributed by atoms with Gasteiger partial charge in [0.2, 0.25) is 0 Å². The van der Waals surface area contributed by atoms with Gasteiger partial charge in [-0.2, -0.15) is 8.78 Å². The molecule has 0 aliphatic heterocycles. The van der Waals surface area contributed by atoms with Gasteiger partial charge in [-0.05, 0) is 42.2 Å².